The Bertz CT molecular complexity index is 729. The highest BCUT2D eigenvalue weighted by molar-refractivity contribution is 6.40. The molecule has 1 amide bonds. The molecule has 0 aliphatic heterocycles. The highest BCUT2D eigenvalue weighted by atomic mass is 16.5. The highest BCUT2D eigenvalue weighted by Crippen LogP contribution is 2.17. The number of Topliss-reactive ketones (excluding diaryl/α,β-unsaturated/α-hetero) is 1. The van der Waals surface area contributed by atoms with Crippen LogP contribution in [0.3, 0.4) is 0 Å². The third-order valence-corrected chi connectivity index (χ3v) is 3.45. The Kier molecular flexibility index (Phi) is 7.18. The SMILES string of the molecule is COC(=O)C(CC(=O)C(C)(C)C)=NNC(=O)c1ccc(C(=O)OC)cc1. The number of carbonyl (C=O) groups is 4. The Hall–Kier alpha value is -3.03. The van der Waals surface area contributed by atoms with Gasteiger partial charge in [-0.15, -0.1) is 0 Å². The first-order valence-electron chi connectivity index (χ1n) is 7.77. The molecule has 8 heteroatoms. The summed E-state index contributed by atoms with van der Waals surface area (Å²) in [6.07, 6.45) is -0.266. The van der Waals surface area contributed by atoms with Crippen LogP contribution in [0.1, 0.15) is 47.9 Å². The van der Waals surface area contributed by atoms with Crippen molar-refractivity contribution in [1.29, 1.82) is 0 Å². The van der Waals surface area contributed by atoms with Gasteiger partial charge in [0.15, 0.2) is 5.71 Å². The molecule has 0 unspecified atom stereocenters. The lowest BCUT2D eigenvalue weighted by Crippen LogP contribution is -2.30. The number of hydrogen-bond donors (Lipinski definition) is 1. The average Bonchev–Trinajstić information content (AvgIpc) is 2.62. The standard InChI is InChI=1S/C18H22N2O6/c1-18(2,3)14(21)10-13(17(24)26-5)19-20-15(22)11-6-8-12(9-7-11)16(23)25-4/h6-9H,10H2,1-5H3,(H,20,22). The van der Waals surface area contributed by atoms with Crippen molar-refractivity contribution >= 4 is 29.3 Å². The molecule has 0 bridgehead atoms. The molecule has 0 aliphatic rings. The summed E-state index contributed by atoms with van der Waals surface area (Å²) in [5, 5.41) is 3.73. The van der Waals surface area contributed by atoms with Crippen LogP contribution in [-0.2, 0) is 19.1 Å². The first-order chi connectivity index (χ1) is 12.1. The second kappa shape index (κ2) is 8.89. The maximum absolute atomic E-state index is 12.1. The molecule has 1 aromatic carbocycles. The molecule has 1 aromatic rings. The van der Waals surface area contributed by atoms with Crippen LogP contribution in [0.25, 0.3) is 0 Å². The molecule has 0 spiro atoms. The van der Waals surface area contributed by atoms with Crippen molar-refractivity contribution in [3.63, 3.8) is 0 Å². The molecule has 0 aromatic heterocycles. The van der Waals surface area contributed by atoms with Crippen molar-refractivity contribution < 1.29 is 28.7 Å². The topological polar surface area (TPSA) is 111 Å². The van der Waals surface area contributed by atoms with E-state index in [0.717, 1.165) is 7.11 Å². The normalized spacial score (nSPS) is 11.5. The van der Waals surface area contributed by atoms with E-state index in [2.05, 4.69) is 20.0 Å². The van der Waals surface area contributed by atoms with Gasteiger partial charge >= 0.3 is 11.9 Å². The summed E-state index contributed by atoms with van der Waals surface area (Å²) >= 11 is 0. The van der Waals surface area contributed by atoms with E-state index in [1.165, 1.54) is 31.4 Å². The summed E-state index contributed by atoms with van der Waals surface area (Å²) in [7, 11) is 2.41. The maximum Gasteiger partial charge on any atom is 0.354 e. The number of hydrazone groups is 1. The van der Waals surface area contributed by atoms with E-state index in [1.54, 1.807) is 20.8 Å². The van der Waals surface area contributed by atoms with E-state index < -0.39 is 23.3 Å². The minimum atomic E-state index is -0.802. The van der Waals surface area contributed by atoms with Crippen LogP contribution in [0.15, 0.2) is 29.4 Å². The molecule has 0 fully saturated rings. The van der Waals surface area contributed by atoms with Crippen LogP contribution in [-0.4, -0.2) is 43.6 Å². The maximum atomic E-state index is 12.1. The van der Waals surface area contributed by atoms with Gasteiger partial charge in [-0.3, -0.25) is 9.59 Å². The Labute approximate surface area is 151 Å². The second-order valence-corrected chi connectivity index (χ2v) is 6.41. The number of methoxy groups -OCH3 is 2. The molecule has 8 nitrogen and oxygen atoms in total. The molecule has 0 radical (unpaired) electrons. The van der Waals surface area contributed by atoms with Crippen molar-refractivity contribution in [2.24, 2.45) is 10.5 Å². The third kappa shape index (κ3) is 5.80. The van der Waals surface area contributed by atoms with E-state index in [1.807, 2.05) is 0 Å². The van der Waals surface area contributed by atoms with Crippen molar-refractivity contribution in [3.05, 3.63) is 35.4 Å². The Morgan fingerprint density at radius 2 is 1.50 bits per heavy atom. The minimum Gasteiger partial charge on any atom is -0.465 e. The van der Waals surface area contributed by atoms with E-state index in [-0.39, 0.29) is 23.5 Å². The summed E-state index contributed by atoms with van der Waals surface area (Å²) in [6.45, 7) is 5.14. The van der Waals surface area contributed by atoms with Crippen molar-refractivity contribution in [3.8, 4) is 0 Å². The predicted octanol–water partition coefficient (Wildman–Crippen LogP) is 1.74. The second-order valence-electron chi connectivity index (χ2n) is 6.41. The summed E-state index contributed by atoms with van der Waals surface area (Å²) < 4.78 is 9.17. The molecule has 1 N–H and O–H groups in total. The molecule has 0 saturated heterocycles. The molecule has 0 heterocycles. The third-order valence-electron chi connectivity index (χ3n) is 3.45. The van der Waals surface area contributed by atoms with Gasteiger partial charge in [0, 0.05) is 11.0 Å². The number of esters is 2. The van der Waals surface area contributed by atoms with Gasteiger partial charge in [-0.25, -0.2) is 15.0 Å². The van der Waals surface area contributed by atoms with E-state index in [0.29, 0.717) is 5.56 Å². The number of hydrogen-bond acceptors (Lipinski definition) is 7. The highest BCUT2D eigenvalue weighted by Gasteiger charge is 2.26. The number of benzene rings is 1. The van der Waals surface area contributed by atoms with Gasteiger partial charge in [0.1, 0.15) is 5.78 Å². The van der Waals surface area contributed by atoms with Crippen LogP contribution in [0.4, 0.5) is 0 Å². The number of rotatable bonds is 6. The van der Waals surface area contributed by atoms with Crippen molar-refractivity contribution in [2.75, 3.05) is 14.2 Å². The fraction of sp³-hybridized carbons (Fsp3) is 0.389. The van der Waals surface area contributed by atoms with Crippen molar-refractivity contribution in [1.82, 2.24) is 5.43 Å². The van der Waals surface area contributed by atoms with Crippen LogP contribution >= 0.6 is 0 Å². The number of amides is 1. The molecule has 0 atom stereocenters. The number of ketones is 1. The number of nitrogens with one attached hydrogen (secondary N) is 1. The van der Waals surface area contributed by atoms with E-state index >= 15 is 0 Å². The van der Waals surface area contributed by atoms with Crippen LogP contribution < -0.4 is 5.43 Å². The molecular weight excluding hydrogens is 340 g/mol. The van der Waals surface area contributed by atoms with Gasteiger partial charge in [0.25, 0.3) is 5.91 Å². The lowest BCUT2D eigenvalue weighted by atomic mass is 9.88. The van der Waals surface area contributed by atoms with Gasteiger partial charge in [-0.1, -0.05) is 20.8 Å². The fourth-order valence-corrected chi connectivity index (χ4v) is 1.75. The van der Waals surface area contributed by atoms with E-state index in [9.17, 15) is 19.2 Å². The van der Waals surface area contributed by atoms with Gasteiger partial charge in [-0.2, -0.15) is 5.10 Å². The average molecular weight is 362 g/mol. The molecule has 1 rings (SSSR count). The van der Waals surface area contributed by atoms with Gasteiger partial charge in [-0.05, 0) is 24.3 Å². The summed E-state index contributed by atoms with van der Waals surface area (Å²) in [6, 6.07) is 5.67. The predicted molar refractivity (Wildman–Crippen MR) is 93.8 cm³/mol. The lowest BCUT2D eigenvalue weighted by molar-refractivity contribution is -0.134. The Morgan fingerprint density at radius 1 is 0.962 bits per heavy atom. The van der Waals surface area contributed by atoms with Crippen LogP contribution in [0.5, 0.6) is 0 Å². The first kappa shape index (κ1) is 21.0. The number of carbonyl (C=O) groups excluding carboxylic acids is 4. The lowest BCUT2D eigenvalue weighted by Gasteiger charge is -2.16. The zero-order chi connectivity index (χ0) is 19.9. The zero-order valence-corrected chi connectivity index (χ0v) is 15.4. The minimum absolute atomic E-state index is 0.202. The summed E-state index contributed by atoms with van der Waals surface area (Å²) in [5.41, 5.74) is 1.85. The smallest absolute Gasteiger partial charge is 0.354 e. The quantitative estimate of drug-likeness (QED) is 0.469. The van der Waals surface area contributed by atoms with Crippen molar-refractivity contribution in [2.45, 2.75) is 27.2 Å². The monoisotopic (exact) mass is 362 g/mol. The molecule has 0 aliphatic carbocycles. The van der Waals surface area contributed by atoms with Crippen LogP contribution in [0, 0.1) is 5.41 Å². The first-order valence-corrected chi connectivity index (χ1v) is 7.77. The Morgan fingerprint density at radius 3 is 1.96 bits per heavy atom. The van der Waals surface area contributed by atoms with Gasteiger partial charge < -0.3 is 9.47 Å². The van der Waals surface area contributed by atoms with Gasteiger partial charge in [0.05, 0.1) is 26.2 Å². The van der Waals surface area contributed by atoms with E-state index in [4.69, 9.17) is 0 Å². The molecular formula is C18H22N2O6. The molecule has 26 heavy (non-hydrogen) atoms. The molecule has 140 valence electrons. The summed E-state index contributed by atoms with van der Waals surface area (Å²) in [4.78, 5) is 47.4. The number of nitrogens with zero attached hydrogens (tertiary/aromatic N) is 1. The van der Waals surface area contributed by atoms with Gasteiger partial charge in [0.2, 0.25) is 0 Å². The number of ether oxygens (including phenoxy) is 2. The Balaban J connectivity index is 2.91. The molecule has 0 saturated carbocycles. The fourth-order valence-electron chi connectivity index (χ4n) is 1.75. The van der Waals surface area contributed by atoms with Crippen LogP contribution in [0.2, 0.25) is 0 Å². The largest absolute Gasteiger partial charge is 0.465 e. The zero-order valence-electron chi connectivity index (χ0n) is 15.4. The summed E-state index contributed by atoms with van der Waals surface area (Å²) in [5.74, 6) is -2.16.